The van der Waals surface area contributed by atoms with Crippen LogP contribution in [-0.4, -0.2) is 0 Å². The molecule has 0 aromatic carbocycles. The molecule has 0 nitrogen and oxygen atoms in total. The zero-order chi connectivity index (χ0) is 7.90. The van der Waals surface area contributed by atoms with E-state index in [2.05, 4.69) is 13.8 Å². The van der Waals surface area contributed by atoms with Gasteiger partial charge in [0.1, 0.15) is 0 Å². The average Bonchev–Trinajstić information content (AvgIpc) is 2.00. The van der Waals surface area contributed by atoms with Crippen molar-refractivity contribution in [3.63, 3.8) is 0 Å². The van der Waals surface area contributed by atoms with Gasteiger partial charge in [-0.05, 0) is 42.9 Å². The van der Waals surface area contributed by atoms with Gasteiger partial charge in [-0.3, -0.25) is 0 Å². The van der Waals surface area contributed by atoms with Crippen LogP contribution in [0.5, 0.6) is 0 Å². The quantitative estimate of drug-likeness (QED) is 0.497. The molecule has 0 amide bonds. The van der Waals surface area contributed by atoms with E-state index in [0.717, 1.165) is 11.8 Å². The summed E-state index contributed by atoms with van der Waals surface area (Å²) in [6, 6.07) is 0. The van der Waals surface area contributed by atoms with Crippen molar-refractivity contribution in [3.05, 3.63) is 0 Å². The normalized spacial score (nSPS) is 42.0. The van der Waals surface area contributed by atoms with Gasteiger partial charge >= 0.3 is 0 Å². The van der Waals surface area contributed by atoms with Crippen molar-refractivity contribution in [2.75, 3.05) is 0 Å². The van der Waals surface area contributed by atoms with E-state index in [4.69, 9.17) is 0 Å². The molecule has 0 aromatic heterocycles. The third-order valence-electron chi connectivity index (χ3n) is 4.08. The van der Waals surface area contributed by atoms with Gasteiger partial charge in [-0.15, -0.1) is 0 Å². The summed E-state index contributed by atoms with van der Waals surface area (Å²) in [4.78, 5) is 0. The lowest BCUT2D eigenvalue weighted by atomic mass is 9.60. The van der Waals surface area contributed by atoms with Gasteiger partial charge in [0, 0.05) is 0 Å². The summed E-state index contributed by atoms with van der Waals surface area (Å²) < 4.78 is 0. The maximum atomic E-state index is 2.47. The molecule has 2 fully saturated rings. The van der Waals surface area contributed by atoms with E-state index >= 15 is 0 Å². The van der Waals surface area contributed by atoms with Crippen LogP contribution in [0.1, 0.15) is 52.4 Å². The Bertz CT molecular complexity index is 146. The van der Waals surface area contributed by atoms with Gasteiger partial charge in [-0.25, -0.2) is 0 Å². The Hall–Kier alpha value is 0. The van der Waals surface area contributed by atoms with Crippen LogP contribution in [0.4, 0.5) is 0 Å². The van der Waals surface area contributed by atoms with Crippen LogP contribution in [0.3, 0.4) is 0 Å². The Morgan fingerprint density at radius 3 is 2.64 bits per heavy atom. The molecule has 2 rings (SSSR count). The first-order valence-corrected chi connectivity index (χ1v) is 5.18. The summed E-state index contributed by atoms with van der Waals surface area (Å²) in [7, 11) is 0. The van der Waals surface area contributed by atoms with Crippen molar-refractivity contribution in [2.24, 2.45) is 17.3 Å². The number of rotatable bonds is 0. The van der Waals surface area contributed by atoms with Crippen LogP contribution >= 0.6 is 0 Å². The van der Waals surface area contributed by atoms with Crippen molar-refractivity contribution in [1.29, 1.82) is 0 Å². The van der Waals surface area contributed by atoms with Crippen LogP contribution in [0.25, 0.3) is 0 Å². The molecule has 2 unspecified atom stereocenters. The van der Waals surface area contributed by atoms with E-state index in [9.17, 15) is 0 Å². The molecule has 2 atom stereocenters. The highest BCUT2D eigenvalue weighted by molar-refractivity contribution is 4.89. The van der Waals surface area contributed by atoms with Gasteiger partial charge in [0.2, 0.25) is 0 Å². The summed E-state index contributed by atoms with van der Waals surface area (Å²) >= 11 is 0. The number of hydrogen-bond donors (Lipinski definition) is 0. The van der Waals surface area contributed by atoms with Crippen molar-refractivity contribution < 1.29 is 0 Å². The second-order valence-electron chi connectivity index (χ2n) is 5.26. The summed E-state index contributed by atoms with van der Waals surface area (Å²) in [5, 5.41) is 0. The number of hydrogen-bond acceptors (Lipinski definition) is 0. The Balaban J connectivity index is 2.09. The zero-order valence-electron chi connectivity index (χ0n) is 7.90. The minimum Gasteiger partial charge on any atom is -0.0596 e. The molecule has 64 valence electrons. The molecular formula is C11H20. The van der Waals surface area contributed by atoms with Crippen LogP contribution in [0.15, 0.2) is 0 Å². The highest BCUT2D eigenvalue weighted by Gasteiger charge is 2.38. The Morgan fingerprint density at radius 1 is 1.09 bits per heavy atom. The molecule has 2 saturated carbocycles. The molecule has 0 aliphatic heterocycles. The van der Waals surface area contributed by atoms with E-state index in [1.165, 1.54) is 32.1 Å². The molecule has 2 bridgehead atoms. The predicted octanol–water partition coefficient (Wildman–Crippen LogP) is 3.61. The van der Waals surface area contributed by atoms with Crippen molar-refractivity contribution in [2.45, 2.75) is 52.4 Å². The Morgan fingerprint density at radius 2 is 1.91 bits per heavy atom. The standard InChI is InChI=1S/C11H20/c1-11(2)7-6-9-4-3-5-10(11)8-9/h9-10H,3-8H2,1-2H3. The monoisotopic (exact) mass is 152 g/mol. The fraction of sp³-hybridized carbons (Fsp3) is 1.00. The van der Waals surface area contributed by atoms with Crippen molar-refractivity contribution in [3.8, 4) is 0 Å². The van der Waals surface area contributed by atoms with E-state index < -0.39 is 0 Å². The number of fused-ring (bicyclic) bond motifs is 2. The largest absolute Gasteiger partial charge is 0.0596 e. The summed E-state index contributed by atoms with van der Waals surface area (Å²) in [6.07, 6.45) is 9.12. The fourth-order valence-electron chi connectivity index (χ4n) is 3.04. The fourth-order valence-corrected chi connectivity index (χ4v) is 3.04. The smallest absolute Gasteiger partial charge is 0.0326 e. The molecule has 0 spiro atoms. The van der Waals surface area contributed by atoms with E-state index in [1.807, 2.05) is 0 Å². The molecule has 0 heteroatoms. The predicted molar refractivity (Wildman–Crippen MR) is 48.5 cm³/mol. The molecule has 0 heterocycles. The Labute approximate surface area is 70.4 Å². The molecule has 2 aliphatic carbocycles. The summed E-state index contributed by atoms with van der Waals surface area (Å²) in [5.41, 5.74) is 0.678. The SMILES string of the molecule is CC1(C)CCC2CCCC1C2. The van der Waals surface area contributed by atoms with E-state index in [-0.39, 0.29) is 0 Å². The maximum Gasteiger partial charge on any atom is -0.0326 e. The molecular weight excluding hydrogens is 132 g/mol. The van der Waals surface area contributed by atoms with Gasteiger partial charge in [0.15, 0.2) is 0 Å². The van der Waals surface area contributed by atoms with Crippen LogP contribution < -0.4 is 0 Å². The van der Waals surface area contributed by atoms with E-state index in [0.29, 0.717) is 5.41 Å². The average molecular weight is 152 g/mol. The molecule has 0 saturated heterocycles. The first-order valence-electron chi connectivity index (χ1n) is 5.18. The van der Waals surface area contributed by atoms with Crippen LogP contribution in [-0.2, 0) is 0 Å². The van der Waals surface area contributed by atoms with E-state index in [1.54, 1.807) is 6.42 Å². The Kier molecular flexibility index (Phi) is 1.74. The molecule has 0 aromatic rings. The van der Waals surface area contributed by atoms with Crippen LogP contribution in [0.2, 0.25) is 0 Å². The lowest BCUT2D eigenvalue weighted by molar-refractivity contribution is 0.0567. The topological polar surface area (TPSA) is 0 Å². The third kappa shape index (κ3) is 1.32. The highest BCUT2D eigenvalue weighted by atomic mass is 14.4. The van der Waals surface area contributed by atoms with Gasteiger partial charge in [0.05, 0.1) is 0 Å². The van der Waals surface area contributed by atoms with Gasteiger partial charge in [-0.1, -0.05) is 26.7 Å². The first kappa shape index (κ1) is 7.64. The lowest BCUT2D eigenvalue weighted by Crippen LogP contribution is -2.34. The van der Waals surface area contributed by atoms with Gasteiger partial charge < -0.3 is 0 Å². The minimum absolute atomic E-state index is 0.678. The molecule has 2 aliphatic rings. The van der Waals surface area contributed by atoms with Crippen molar-refractivity contribution in [1.82, 2.24) is 0 Å². The molecule has 0 N–H and O–H groups in total. The van der Waals surface area contributed by atoms with Gasteiger partial charge in [-0.2, -0.15) is 0 Å². The maximum absolute atomic E-state index is 2.47. The van der Waals surface area contributed by atoms with Gasteiger partial charge in [0.25, 0.3) is 0 Å². The molecule has 11 heavy (non-hydrogen) atoms. The second-order valence-corrected chi connectivity index (χ2v) is 5.26. The second kappa shape index (κ2) is 2.50. The van der Waals surface area contributed by atoms with Crippen LogP contribution in [0, 0.1) is 17.3 Å². The highest BCUT2D eigenvalue weighted by Crippen LogP contribution is 2.49. The summed E-state index contributed by atoms with van der Waals surface area (Å²) in [5.74, 6) is 2.18. The molecule has 0 radical (unpaired) electrons. The minimum atomic E-state index is 0.678. The first-order chi connectivity index (χ1) is 5.18. The lowest BCUT2D eigenvalue weighted by Gasteiger charge is -2.45. The zero-order valence-corrected chi connectivity index (χ0v) is 7.90. The van der Waals surface area contributed by atoms with Crippen molar-refractivity contribution >= 4 is 0 Å². The third-order valence-corrected chi connectivity index (χ3v) is 4.08. The summed E-state index contributed by atoms with van der Waals surface area (Å²) in [6.45, 7) is 4.94.